The number of hydrogen-bond donors (Lipinski definition) is 6. The SMILES string of the molecule is C[C@@H](NC(=O)CCN1C(=O)C=CC1=O)C(=O)NCCOCCOc1ccc(COC(=O)C(C)(C)C)c(O[C@@H]2O[C@H](C(=O)O)[C@@H](O)[C@H](O)[C@H]2O)c1. The second kappa shape index (κ2) is 17.9. The highest BCUT2D eigenvalue weighted by Crippen LogP contribution is 2.31. The summed E-state index contributed by atoms with van der Waals surface area (Å²) in [5, 5.41) is 45.0. The molecule has 1 aromatic carbocycles. The molecule has 0 aliphatic carbocycles. The molecule has 2 heterocycles. The van der Waals surface area contributed by atoms with Gasteiger partial charge in [0, 0.05) is 43.3 Å². The van der Waals surface area contributed by atoms with E-state index in [9.17, 15) is 49.2 Å². The Morgan fingerprint density at radius 2 is 1.66 bits per heavy atom. The number of carbonyl (C=O) groups is 6. The summed E-state index contributed by atoms with van der Waals surface area (Å²) >= 11 is 0. The third kappa shape index (κ3) is 11.2. The van der Waals surface area contributed by atoms with Crippen LogP contribution in [0.15, 0.2) is 30.4 Å². The molecular formula is C32H43N3O15. The molecule has 18 nitrogen and oxygen atoms in total. The van der Waals surface area contributed by atoms with E-state index in [1.807, 2.05) is 0 Å². The fraction of sp³-hybridized carbons (Fsp3) is 0.562. The van der Waals surface area contributed by atoms with E-state index < -0.39 is 77.7 Å². The highest BCUT2D eigenvalue weighted by Gasteiger charge is 2.48. The number of imide groups is 1. The van der Waals surface area contributed by atoms with Gasteiger partial charge in [0.05, 0.1) is 18.6 Å². The number of carboxylic acid groups (broad SMARTS) is 1. The topological polar surface area (TPSA) is 257 Å². The molecule has 2 aliphatic heterocycles. The summed E-state index contributed by atoms with van der Waals surface area (Å²) in [6.45, 7) is 6.43. The minimum absolute atomic E-state index is 0.0270. The second-order valence-electron chi connectivity index (χ2n) is 12.4. The van der Waals surface area contributed by atoms with Gasteiger partial charge < -0.3 is 54.7 Å². The Morgan fingerprint density at radius 1 is 0.980 bits per heavy atom. The van der Waals surface area contributed by atoms with Crippen molar-refractivity contribution in [1.82, 2.24) is 15.5 Å². The molecular weight excluding hydrogens is 666 g/mol. The Kier molecular flexibility index (Phi) is 14.2. The van der Waals surface area contributed by atoms with Crippen LogP contribution in [0.3, 0.4) is 0 Å². The van der Waals surface area contributed by atoms with E-state index in [4.69, 9.17) is 23.7 Å². The molecule has 0 spiro atoms. The molecule has 6 atom stereocenters. The third-order valence-corrected chi connectivity index (χ3v) is 7.34. The van der Waals surface area contributed by atoms with Crippen molar-refractivity contribution in [3.63, 3.8) is 0 Å². The molecule has 276 valence electrons. The number of hydrogen-bond acceptors (Lipinski definition) is 14. The fourth-order valence-electron chi connectivity index (χ4n) is 4.45. The van der Waals surface area contributed by atoms with Crippen LogP contribution >= 0.6 is 0 Å². The molecule has 18 heteroatoms. The van der Waals surface area contributed by atoms with Gasteiger partial charge in [-0.25, -0.2) is 4.79 Å². The van der Waals surface area contributed by atoms with Gasteiger partial charge in [-0.15, -0.1) is 0 Å². The van der Waals surface area contributed by atoms with Gasteiger partial charge in [0.15, 0.2) is 6.10 Å². The van der Waals surface area contributed by atoms with Crippen molar-refractivity contribution < 1.29 is 72.9 Å². The van der Waals surface area contributed by atoms with E-state index in [2.05, 4.69) is 10.6 Å². The lowest BCUT2D eigenvalue weighted by molar-refractivity contribution is -0.271. The fourth-order valence-corrected chi connectivity index (χ4v) is 4.45. The quantitative estimate of drug-likeness (QED) is 0.0604. The summed E-state index contributed by atoms with van der Waals surface area (Å²) in [5.74, 6) is -3.88. The number of carboxylic acids is 1. The Hall–Kier alpha value is -4.62. The Morgan fingerprint density at radius 3 is 2.30 bits per heavy atom. The standard InChI is InChI=1S/C32H43N3O15/c1-17(34-21(36)9-11-35-22(37)7-8-23(35)38)28(42)33-10-12-46-13-14-47-19-6-5-18(16-48-31(45)32(2,3)4)20(15-19)49-30-26(41)24(39)25(40)27(50-30)29(43)44/h5-8,15,17,24-27,30,39-41H,9-14,16H2,1-4H3,(H,33,42)(H,34,36)(H,43,44)/t17-,24+,25+,26-,27+,30-/m1/s1. The van der Waals surface area contributed by atoms with Crippen LogP contribution in [0.5, 0.6) is 11.5 Å². The zero-order valence-electron chi connectivity index (χ0n) is 28.0. The summed E-state index contributed by atoms with van der Waals surface area (Å²) in [5.41, 5.74) is -0.512. The molecule has 0 radical (unpaired) electrons. The van der Waals surface area contributed by atoms with Crippen molar-refractivity contribution in [2.45, 2.75) is 77.5 Å². The first-order chi connectivity index (χ1) is 23.5. The van der Waals surface area contributed by atoms with Crippen LogP contribution < -0.4 is 20.1 Å². The normalized spacial score (nSPS) is 22.5. The number of carbonyl (C=O) groups excluding carboxylic acids is 5. The minimum atomic E-state index is -1.92. The number of ether oxygens (including phenoxy) is 5. The first-order valence-electron chi connectivity index (χ1n) is 15.7. The Labute approximate surface area is 287 Å². The average Bonchev–Trinajstić information content (AvgIpc) is 3.38. The molecule has 1 aromatic rings. The number of nitrogens with one attached hydrogen (secondary N) is 2. The molecule has 0 bridgehead atoms. The third-order valence-electron chi connectivity index (χ3n) is 7.34. The summed E-state index contributed by atoms with van der Waals surface area (Å²) in [6, 6.07) is 3.54. The van der Waals surface area contributed by atoms with Crippen molar-refractivity contribution in [2.24, 2.45) is 5.41 Å². The summed E-state index contributed by atoms with van der Waals surface area (Å²) in [4.78, 5) is 72.4. The lowest BCUT2D eigenvalue weighted by Gasteiger charge is -2.38. The number of benzene rings is 1. The van der Waals surface area contributed by atoms with E-state index in [1.165, 1.54) is 25.1 Å². The number of nitrogens with zero attached hydrogens (tertiary/aromatic N) is 1. The number of aliphatic hydroxyl groups excluding tert-OH is 3. The van der Waals surface area contributed by atoms with Gasteiger partial charge in [0.2, 0.25) is 18.1 Å². The predicted molar refractivity (Wildman–Crippen MR) is 168 cm³/mol. The monoisotopic (exact) mass is 709 g/mol. The van der Waals surface area contributed by atoms with Crippen LogP contribution in [0.2, 0.25) is 0 Å². The summed E-state index contributed by atoms with van der Waals surface area (Å²) < 4.78 is 27.5. The molecule has 50 heavy (non-hydrogen) atoms. The Bertz CT molecular complexity index is 1420. The number of esters is 1. The lowest BCUT2D eigenvalue weighted by atomic mass is 9.97. The van der Waals surface area contributed by atoms with E-state index in [1.54, 1.807) is 20.8 Å². The zero-order valence-corrected chi connectivity index (χ0v) is 28.0. The van der Waals surface area contributed by atoms with Gasteiger partial charge in [-0.1, -0.05) is 0 Å². The number of aliphatic hydroxyl groups is 3. The Balaban J connectivity index is 1.47. The van der Waals surface area contributed by atoms with Gasteiger partial charge >= 0.3 is 11.9 Å². The van der Waals surface area contributed by atoms with Crippen LogP contribution in [0, 0.1) is 5.41 Å². The summed E-state index contributed by atoms with van der Waals surface area (Å²) in [7, 11) is 0. The van der Waals surface area contributed by atoms with E-state index in [0.717, 1.165) is 17.1 Å². The number of amides is 4. The zero-order chi connectivity index (χ0) is 37.2. The van der Waals surface area contributed by atoms with Gasteiger partial charge in [0.25, 0.3) is 11.8 Å². The maximum atomic E-state index is 12.3. The van der Waals surface area contributed by atoms with Crippen LogP contribution in [0.25, 0.3) is 0 Å². The van der Waals surface area contributed by atoms with Crippen molar-refractivity contribution >= 4 is 35.6 Å². The smallest absolute Gasteiger partial charge is 0.335 e. The molecule has 3 rings (SSSR count). The van der Waals surface area contributed by atoms with Crippen molar-refractivity contribution in [3.8, 4) is 11.5 Å². The van der Waals surface area contributed by atoms with Crippen LogP contribution in [0.1, 0.15) is 39.7 Å². The van der Waals surface area contributed by atoms with Crippen molar-refractivity contribution in [2.75, 3.05) is 32.9 Å². The molecule has 4 amide bonds. The first-order valence-corrected chi connectivity index (χ1v) is 15.7. The molecule has 6 N–H and O–H groups in total. The largest absolute Gasteiger partial charge is 0.491 e. The van der Waals surface area contributed by atoms with Gasteiger partial charge in [-0.3, -0.25) is 28.9 Å². The number of aliphatic carboxylic acids is 1. The molecule has 0 unspecified atom stereocenters. The van der Waals surface area contributed by atoms with Crippen LogP contribution in [-0.2, 0) is 49.6 Å². The first kappa shape index (κ1) is 39.8. The highest BCUT2D eigenvalue weighted by molar-refractivity contribution is 6.13. The van der Waals surface area contributed by atoms with Crippen molar-refractivity contribution in [1.29, 1.82) is 0 Å². The number of rotatable bonds is 17. The maximum Gasteiger partial charge on any atom is 0.335 e. The van der Waals surface area contributed by atoms with Gasteiger partial charge in [-0.2, -0.15) is 0 Å². The predicted octanol–water partition coefficient (Wildman–Crippen LogP) is -1.62. The van der Waals surface area contributed by atoms with E-state index in [0.29, 0.717) is 5.56 Å². The average molecular weight is 710 g/mol. The van der Waals surface area contributed by atoms with Gasteiger partial charge in [0.1, 0.15) is 49.1 Å². The summed E-state index contributed by atoms with van der Waals surface area (Å²) in [6.07, 6.45) is -7.19. The maximum absolute atomic E-state index is 12.3. The van der Waals surface area contributed by atoms with Crippen LogP contribution in [0.4, 0.5) is 0 Å². The highest BCUT2D eigenvalue weighted by atomic mass is 16.7. The minimum Gasteiger partial charge on any atom is -0.491 e. The van der Waals surface area contributed by atoms with Crippen LogP contribution in [-0.4, -0.2) is 131 Å². The molecule has 1 saturated heterocycles. The molecule has 0 aromatic heterocycles. The lowest BCUT2D eigenvalue weighted by Crippen LogP contribution is -2.61. The molecule has 2 aliphatic rings. The van der Waals surface area contributed by atoms with E-state index in [-0.39, 0.29) is 57.4 Å². The van der Waals surface area contributed by atoms with Crippen molar-refractivity contribution in [3.05, 3.63) is 35.9 Å². The molecule has 1 fully saturated rings. The van der Waals surface area contributed by atoms with Gasteiger partial charge in [-0.05, 0) is 39.8 Å². The second-order valence-corrected chi connectivity index (χ2v) is 12.4. The molecule has 0 saturated carbocycles. The van der Waals surface area contributed by atoms with E-state index >= 15 is 0 Å².